The normalized spacial score (nSPS) is 19.7. The molecule has 0 atom stereocenters. The minimum atomic E-state index is 0.358. The van der Waals surface area contributed by atoms with Crippen molar-refractivity contribution in [3.63, 3.8) is 0 Å². The topological polar surface area (TPSA) is 32.8 Å². The van der Waals surface area contributed by atoms with E-state index in [2.05, 4.69) is 21.9 Å². The lowest BCUT2D eigenvalue weighted by molar-refractivity contribution is -0.132. The third kappa shape index (κ3) is 4.34. The number of hydrogen-bond acceptors (Lipinski definition) is 4. The lowest BCUT2D eigenvalue weighted by Crippen LogP contribution is -2.49. The van der Waals surface area contributed by atoms with Crippen molar-refractivity contribution in [1.82, 2.24) is 4.90 Å². The van der Waals surface area contributed by atoms with Crippen molar-refractivity contribution in [1.29, 1.82) is 0 Å². The minimum absolute atomic E-state index is 0.358. The van der Waals surface area contributed by atoms with Crippen LogP contribution in [0.25, 0.3) is 0 Å². The van der Waals surface area contributed by atoms with Gasteiger partial charge in [-0.1, -0.05) is 0 Å². The van der Waals surface area contributed by atoms with Gasteiger partial charge >= 0.3 is 0 Å². The molecular formula is C18H26N2O2S. The molecule has 1 aromatic rings. The molecule has 3 rings (SSSR count). The van der Waals surface area contributed by atoms with E-state index in [0.29, 0.717) is 11.8 Å². The number of carbonyl (C=O) groups excluding carboxylic acids is 1. The predicted octanol–water partition coefficient (Wildman–Crippen LogP) is 2.88. The molecule has 2 heterocycles. The molecule has 2 aliphatic heterocycles. The fourth-order valence-electron chi connectivity index (χ4n) is 3.33. The molecule has 0 N–H and O–H groups in total. The minimum Gasteiger partial charge on any atom is -0.497 e. The summed E-state index contributed by atoms with van der Waals surface area (Å²) in [6.45, 7) is 3.51. The van der Waals surface area contributed by atoms with Gasteiger partial charge in [-0.2, -0.15) is 11.8 Å². The Labute approximate surface area is 143 Å². The second-order valence-corrected chi connectivity index (χ2v) is 7.55. The van der Waals surface area contributed by atoms with Crippen LogP contribution >= 0.6 is 11.8 Å². The van der Waals surface area contributed by atoms with Crippen LogP contribution in [0.2, 0.25) is 0 Å². The highest BCUT2D eigenvalue weighted by Gasteiger charge is 2.24. The average molecular weight is 334 g/mol. The van der Waals surface area contributed by atoms with Gasteiger partial charge in [0, 0.05) is 38.3 Å². The van der Waals surface area contributed by atoms with Crippen LogP contribution in [-0.4, -0.2) is 55.6 Å². The fourth-order valence-corrected chi connectivity index (χ4v) is 4.54. The largest absolute Gasteiger partial charge is 0.497 e. The molecule has 23 heavy (non-hydrogen) atoms. The van der Waals surface area contributed by atoms with Crippen LogP contribution in [0.1, 0.15) is 19.3 Å². The van der Waals surface area contributed by atoms with E-state index in [1.807, 2.05) is 23.9 Å². The van der Waals surface area contributed by atoms with Gasteiger partial charge in [-0.25, -0.2) is 0 Å². The summed E-state index contributed by atoms with van der Waals surface area (Å²) < 4.78 is 5.20. The number of amides is 1. The smallest absolute Gasteiger partial charge is 0.222 e. The Bertz CT molecular complexity index is 506. The Morgan fingerprint density at radius 2 is 1.78 bits per heavy atom. The van der Waals surface area contributed by atoms with E-state index >= 15 is 0 Å². The maximum Gasteiger partial charge on any atom is 0.222 e. The number of rotatable bonds is 4. The second kappa shape index (κ2) is 7.95. The first-order valence-electron chi connectivity index (χ1n) is 8.51. The molecule has 0 aliphatic carbocycles. The van der Waals surface area contributed by atoms with Gasteiger partial charge in [-0.3, -0.25) is 4.79 Å². The third-order valence-corrected chi connectivity index (χ3v) is 5.92. The van der Waals surface area contributed by atoms with Gasteiger partial charge in [0.1, 0.15) is 5.75 Å². The van der Waals surface area contributed by atoms with Crippen molar-refractivity contribution in [2.24, 2.45) is 5.92 Å². The van der Waals surface area contributed by atoms with E-state index in [0.717, 1.165) is 38.3 Å². The maximum atomic E-state index is 12.5. The summed E-state index contributed by atoms with van der Waals surface area (Å²) in [6, 6.07) is 8.17. The number of hydrogen-bond donors (Lipinski definition) is 0. The molecule has 2 fully saturated rings. The number of thioether (sulfide) groups is 1. The Morgan fingerprint density at radius 3 is 2.39 bits per heavy atom. The highest BCUT2D eigenvalue weighted by molar-refractivity contribution is 7.99. The molecule has 1 amide bonds. The van der Waals surface area contributed by atoms with Crippen LogP contribution in [0.3, 0.4) is 0 Å². The first kappa shape index (κ1) is 16.5. The average Bonchev–Trinajstić information content (AvgIpc) is 2.63. The standard InChI is InChI=1S/C18H26N2O2S/c1-22-17-4-2-16(3-5-17)19-8-10-20(11-9-19)18(21)14-15-6-12-23-13-7-15/h2-5,15H,6-14H2,1H3. The molecule has 0 spiro atoms. The fraction of sp³-hybridized carbons (Fsp3) is 0.611. The highest BCUT2D eigenvalue weighted by atomic mass is 32.2. The zero-order chi connectivity index (χ0) is 16.1. The van der Waals surface area contributed by atoms with Crippen LogP contribution in [0.5, 0.6) is 5.75 Å². The number of methoxy groups -OCH3 is 1. The number of anilines is 1. The maximum absolute atomic E-state index is 12.5. The van der Waals surface area contributed by atoms with Gasteiger partial charge in [0.25, 0.3) is 0 Å². The summed E-state index contributed by atoms with van der Waals surface area (Å²) in [4.78, 5) is 16.9. The lowest BCUT2D eigenvalue weighted by atomic mass is 9.98. The SMILES string of the molecule is COc1ccc(N2CCN(C(=O)CC3CCSCC3)CC2)cc1. The summed E-state index contributed by atoms with van der Waals surface area (Å²) in [7, 11) is 1.68. The zero-order valence-corrected chi connectivity index (χ0v) is 14.7. The van der Waals surface area contributed by atoms with Crippen molar-refractivity contribution in [2.45, 2.75) is 19.3 Å². The molecule has 2 aliphatic rings. The van der Waals surface area contributed by atoms with Crippen molar-refractivity contribution < 1.29 is 9.53 Å². The molecular weight excluding hydrogens is 308 g/mol. The van der Waals surface area contributed by atoms with Gasteiger partial charge in [-0.15, -0.1) is 0 Å². The second-order valence-electron chi connectivity index (χ2n) is 6.33. The molecule has 1 aromatic carbocycles. The van der Waals surface area contributed by atoms with Gasteiger partial charge in [-0.05, 0) is 54.5 Å². The van der Waals surface area contributed by atoms with Gasteiger partial charge in [0.15, 0.2) is 0 Å². The molecule has 0 aromatic heterocycles. The van der Waals surface area contributed by atoms with Crippen LogP contribution in [-0.2, 0) is 4.79 Å². The van der Waals surface area contributed by atoms with Crippen molar-refractivity contribution in [2.75, 3.05) is 49.7 Å². The Hall–Kier alpha value is -1.36. The first-order valence-corrected chi connectivity index (χ1v) is 9.66. The molecule has 126 valence electrons. The van der Waals surface area contributed by atoms with E-state index in [4.69, 9.17) is 4.74 Å². The number of ether oxygens (including phenoxy) is 1. The molecule has 0 bridgehead atoms. The van der Waals surface area contributed by atoms with Gasteiger partial charge in [0.2, 0.25) is 5.91 Å². The Kier molecular flexibility index (Phi) is 5.70. The third-order valence-electron chi connectivity index (χ3n) is 4.87. The number of benzene rings is 1. The predicted molar refractivity (Wildman–Crippen MR) is 96.5 cm³/mol. The van der Waals surface area contributed by atoms with E-state index in [1.165, 1.54) is 30.0 Å². The molecule has 4 nitrogen and oxygen atoms in total. The number of carbonyl (C=O) groups is 1. The van der Waals surface area contributed by atoms with Crippen LogP contribution in [0.15, 0.2) is 24.3 Å². The van der Waals surface area contributed by atoms with Crippen LogP contribution in [0, 0.1) is 5.92 Å². The van der Waals surface area contributed by atoms with Gasteiger partial charge in [0.05, 0.1) is 7.11 Å². The zero-order valence-electron chi connectivity index (χ0n) is 13.9. The lowest BCUT2D eigenvalue weighted by Gasteiger charge is -2.37. The van der Waals surface area contributed by atoms with Crippen LogP contribution < -0.4 is 9.64 Å². The van der Waals surface area contributed by atoms with E-state index in [1.54, 1.807) is 7.11 Å². The molecule has 0 unspecified atom stereocenters. The van der Waals surface area contributed by atoms with Crippen molar-refractivity contribution >= 4 is 23.4 Å². The van der Waals surface area contributed by atoms with E-state index in [9.17, 15) is 4.79 Å². The van der Waals surface area contributed by atoms with Crippen molar-refractivity contribution in [3.05, 3.63) is 24.3 Å². The molecule has 5 heteroatoms. The van der Waals surface area contributed by atoms with E-state index in [-0.39, 0.29) is 0 Å². The van der Waals surface area contributed by atoms with Gasteiger partial charge < -0.3 is 14.5 Å². The Morgan fingerprint density at radius 1 is 1.13 bits per heavy atom. The van der Waals surface area contributed by atoms with Crippen molar-refractivity contribution in [3.8, 4) is 5.75 Å². The summed E-state index contributed by atoms with van der Waals surface area (Å²) in [6.07, 6.45) is 3.17. The summed E-state index contributed by atoms with van der Waals surface area (Å²) in [5.41, 5.74) is 1.21. The summed E-state index contributed by atoms with van der Waals surface area (Å²) in [5, 5.41) is 0. The highest BCUT2D eigenvalue weighted by Crippen LogP contribution is 2.26. The number of piperazine rings is 1. The van der Waals surface area contributed by atoms with Crippen LogP contribution in [0.4, 0.5) is 5.69 Å². The molecule has 0 radical (unpaired) electrons. The van der Waals surface area contributed by atoms with E-state index < -0.39 is 0 Å². The summed E-state index contributed by atoms with van der Waals surface area (Å²) in [5.74, 6) is 4.31. The Balaban J connectivity index is 1.48. The monoisotopic (exact) mass is 334 g/mol. The molecule has 0 saturated carbocycles. The molecule has 2 saturated heterocycles. The number of nitrogens with zero attached hydrogens (tertiary/aromatic N) is 2. The first-order chi connectivity index (χ1) is 11.3. The quantitative estimate of drug-likeness (QED) is 0.848. The summed E-state index contributed by atoms with van der Waals surface area (Å²) >= 11 is 2.02.